The van der Waals surface area contributed by atoms with Crippen molar-refractivity contribution in [2.45, 2.75) is 28.3 Å². The number of aliphatic hydroxyl groups excluding tert-OH is 1. The van der Waals surface area contributed by atoms with Gasteiger partial charge in [0.1, 0.15) is 15.0 Å². The summed E-state index contributed by atoms with van der Waals surface area (Å²) in [6.07, 6.45) is -4.03. The van der Waals surface area contributed by atoms with Gasteiger partial charge in [0.15, 0.2) is 0 Å². The smallest absolute Gasteiger partial charge is 0.406 e. The van der Waals surface area contributed by atoms with Crippen molar-refractivity contribution in [2.75, 3.05) is 11.9 Å². The number of anilines is 1. The van der Waals surface area contributed by atoms with Crippen molar-refractivity contribution >= 4 is 38.0 Å². The Labute approximate surface area is 172 Å². The minimum atomic E-state index is -4.93. The Bertz CT molecular complexity index is 1090. The third kappa shape index (κ3) is 4.42. The van der Waals surface area contributed by atoms with Gasteiger partial charge in [-0.05, 0) is 43.2 Å². The van der Waals surface area contributed by atoms with E-state index in [0.29, 0.717) is 24.2 Å². The SMILES string of the molecule is NC(=O)c1cc(S(=O)(=O)c2ccc(OC(F)(F)F)cc2)sc1NC(=O)C1(CO)CC1. The van der Waals surface area contributed by atoms with Crippen LogP contribution in [-0.2, 0) is 14.6 Å². The molecule has 2 aromatic rings. The summed E-state index contributed by atoms with van der Waals surface area (Å²) in [4.78, 5) is 23.7. The third-order valence-corrected chi connectivity index (χ3v) is 7.77. The monoisotopic (exact) mass is 464 g/mol. The van der Waals surface area contributed by atoms with Gasteiger partial charge in [0.25, 0.3) is 5.91 Å². The van der Waals surface area contributed by atoms with Crippen LogP contribution in [-0.4, -0.2) is 38.3 Å². The van der Waals surface area contributed by atoms with Crippen LogP contribution in [0.5, 0.6) is 5.75 Å². The number of carbonyl (C=O) groups is 2. The normalized spacial score (nSPS) is 15.5. The second-order valence-corrected chi connectivity index (χ2v) is 9.82. The number of sulfone groups is 1. The molecule has 0 spiro atoms. The quantitative estimate of drug-likeness (QED) is 0.575. The first-order valence-electron chi connectivity index (χ1n) is 8.35. The molecule has 2 amide bonds. The number of benzene rings is 1. The maximum atomic E-state index is 12.8. The van der Waals surface area contributed by atoms with Crippen LogP contribution >= 0.6 is 11.3 Å². The van der Waals surface area contributed by atoms with Gasteiger partial charge in [-0.25, -0.2) is 8.42 Å². The topological polar surface area (TPSA) is 136 Å². The molecule has 30 heavy (non-hydrogen) atoms. The number of halogens is 3. The van der Waals surface area contributed by atoms with Crippen molar-refractivity contribution in [1.29, 1.82) is 0 Å². The molecule has 1 saturated carbocycles. The minimum absolute atomic E-state index is 0.0946. The lowest BCUT2D eigenvalue weighted by Gasteiger charge is -2.11. The molecule has 13 heteroatoms. The molecule has 0 bridgehead atoms. The molecular weight excluding hydrogens is 449 g/mol. The maximum Gasteiger partial charge on any atom is 0.573 e. The summed E-state index contributed by atoms with van der Waals surface area (Å²) in [5.41, 5.74) is 4.07. The highest BCUT2D eigenvalue weighted by atomic mass is 32.2. The van der Waals surface area contributed by atoms with Gasteiger partial charge in [0.2, 0.25) is 15.7 Å². The van der Waals surface area contributed by atoms with Gasteiger partial charge >= 0.3 is 6.36 Å². The lowest BCUT2D eigenvalue weighted by Crippen LogP contribution is -2.27. The number of ether oxygens (including phenoxy) is 1. The highest BCUT2D eigenvalue weighted by Gasteiger charge is 2.49. The van der Waals surface area contributed by atoms with E-state index in [9.17, 15) is 36.3 Å². The molecule has 3 rings (SSSR count). The second kappa shape index (κ2) is 7.56. The van der Waals surface area contributed by atoms with Gasteiger partial charge in [-0.2, -0.15) is 0 Å². The average Bonchev–Trinajstić information content (AvgIpc) is 3.34. The second-order valence-electron chi connectivity index (χ2n) is 6.59. The summed E-state index contributed by atoms with van der Waals surface area (Å²) in [6.45, 7) is -0.395. The van der Waals surface area contributed by atoms with Gasteiger partial charge < -0.3 is 20.9 Å². The first-order valence-corrected chi connectivity index (χ1v) is 10.6. The minimum Gasteiger partial charge on any atom is -0.406 e. The number of nitrogens with one attached hydrogen (secondary N) is 1. The molecule has 0 aliphatic heterocycles. The van der Waals surface area contributed by atoms with E-state index in [4.69, 9.17) is 5.73 Å². The van der Waals surface area contributed by atoms with E-state index in [0.717, 1.165) is 30.3 Å². The predicted octanol–water partition coefficient (Wildman–Crippen LogP) is 2.29. The molecule has 0 atom stereocenters. The Hall–Kier alpha value is -2.64. The zero-order valence-electron chi connectivity index (χ0n) is 15.0. The first kappa shape index (κ1) is 22.1. The number of carbonyl (C=O) groups excluding carboxylic acids is 2. The molecule has 1 aliphatic rings. The van der Waals surface area contributed by atoms with Crippen molar-refractivity contribution in [3.8, 4) is 5.75 Å². The Morgan fingerprint density at radius 1 is 1.23 bits per heavy atom. The molecule has 162 valence electrons. The van der Waals surface area contributed by atoms with Crippen molar-refractivity contribution < 1.29 is 41.0 Å². The molecule has 8 nitrogen and oxygen atoms in total. The average molecular weight is 464 g/mol. The lowest BCUT2D eigenvalue weighted by atomic mass is 10.1. The Morgan fingerprint density at radius 2 is 1.83 bits per heavy atom. The van der Waals surface area contributed by atoms with Crippen LogP contribution in [0.25, 0.3) is 0 Å². The van der Waals surface area contributed by atoms with Crippen LogP contribution in [0.1, 0.15) is 23.2 Å². The number of alkyl halides is 3. The van der Waals surface area contributed by atoms with E-state index in [1.807, 2.05) is 0 Å². The van der Waals surface area contributed by atoms with Crippen LogP contribution in [0.4, 0.5) is 18.2 Å². The van der Waals surface area contributed by atoms with Gasteiger partial charge in [0, 0.05) is 0 Å². The highest BCUT2D eigenvalue weighted by molar-refractivity contribution is 7.93. The number of hydrogen-bond acceptors (Lipinski definition) is 7. The summed E-state index contributed by atoms with van der Waals surface area (Å²) in [5.74, 6) is -2.14. The van der Waals surface area contributed by atoms with Crippen LogP contribution in [0.2, 0.25) is 0 Å². The van der Waals surface area contributed by atoms with Crippen LogP contribution in [0.15, 0.2) is 39.4 Å². The van der Waals surface area contributed by atoms with Gasteiger partial charge in [-0.15, -0.1) is 24.5 Å². The number of aliphatic hydroxyl groups is 1. The fourth-order valence-corrected chi connectivity index (χ4v) is 5.33. The molecular formula is C17H15F3N2O6S2. The number of thiophene rings is 1. The van der Waals surface area contributed by atoms with Crippen LogP contribution < -0.4 is 15.8 Å². The van der Waals surface area contributed by atoms with Crippen molar-refractivity contribution in [1.82, 2.24) is 0 Å². The largest absolute Gasteiger partial charge is 0.573 e. The molecule has 0 radical (unpaired) electrons. The Balaban J connectivity index is 1.91. The zero-order valence-corrected chi connectivity index (χ0v) is 16.7. The molecule has 0 saturated heterocycles. The van der Waals surface area contributed by atoms with E-state index in [1.54, 1.807) is 0 Å². The molecule has 0 unspecified atom stereocenters. The van der Waals surface area contributed by atoms with Gasteiger partial charge in [-0.1, -0.05) is 0 Å². The molecule has 1 fully saturated rings. The fourth-order valence-electron chi connectivity index (χ4n) is 2.56. The number of hydrogen-bond donors (Lipinski definition) is 3. The lowest BCUT2D eigenvalue weighted by molar-refractivity contribution is -0.274. The van der Waals surface area contributed by atoms with Gasteiger partial charge in [-0.3, -0.25) is 9.59 Å². The molecule has 1 aromatic heterocycles. The predicted molar refractivity (Wildman–Crippen MR) is 98.8 cm³/mol. The van der Waals surface area contributed by atoms with Crippen LogP contribution in [0.3, 0.4) is 0 Å². The van der Waals surface area contributed by atoms with Crippen LogP contribution in [0, 0.1) is 5.41 Å². The van der Waals surface area contributed by atoms with E-state index in [-0.39, 0.29) is 19.7 Å². The van der Waals surface area contributed by atoms with E-state index in [1.165, 1.54) is 0 Å². The van der Waals surface area contributed by atoms with Gasteiger partial charge in [0.05, 0.1) is 22.5 Å². The van der Waals surface area contributed by atoms with E-state index in [2.05, 4.69) is 10.1 Å². The zero-order chi connectivity index (χ0) is 22.3. The first-order chi connectivity index (χ1) is 13.9. The molecule has 1 aliphatic carbocycles. The number of nitrogens with two attached hydrogens (primary N) is 1. The number of primary amides is 1. The summed E-state index contributed by atoms with van der Waals surface area (Å²) >= 11 is 0.573. The molecule has 1 heterocycles. The summed E-state index contributed by atoms with van der Waals surface area (Å²) in [7, 11) is -4.22. The molecule has 4 N–H and O–H groups in total. The fraction of sp³-hybridized carbons (Fsp3) is 0.294. The summed E-state index contributed by atoms with van der Waals surface area (Å²) in [6, 6.07) is 4.50. The Morgan fingerprint density at radius 3 is 2.30 bits per heavy atom. The standard InChI is InChI=1S/C17H15F3N2O6S2/c18-17(19,20)28-9-1-3-10(4-2-9)30(26,27)12-7-11(13(21)24)14(29-12)22-15(25)16(8-23)5-6-16/h1-4,7,23H,5-6,8H2,(H2,21,24)(H,22,25). The number of rotatable bonds is 7. The number of amides is 2. The van der Waals surface area contributed by atoms with Crippen molar-refractivity contribution in [3.63, 3.8) is 0 Å². The summed E-state index contributed by atoms with van der Waals surface area (Å²) in [5, 5.41) is 11.7. The van der Waals surface area contributed by atoms with E-state index < -0.39 is 45.8 Å². The van der Waals surface area contributed by atoms with Crippen molar-refractivity contribution in [3.05, 3.63) is 35.9 Å². The molecule has 1 aromatic carbocycles. The van der Waals surface area contributed by atoms with Crippen molar-refractivity contribution in [2.24, 2.45) is 11.1 Å². The third-order valence-electron chi connectivity index (χ3n) is 4.47. The Kier molecular flexibility index (Phi) is 5.56. The van der Waals surface area contributed by atoms with E-state index >= 15 is 0 Å². The summed E-state index contributed by atoms with van der Waals surface area (Å²) < 4.78 is 65.7. The highest BCUT2D eigenvalue weighted by Crippen LogP contribution is 2.46. The maximum absolute atomic E-state index is 12.8.